The molecule has 1 aliphatic rings. The molecule has 6 nitrogen and oxygen atoms in total. The summed E-state index contributed by atoms with van der Waals surface area (Å²) in [7, 11) is 0. The first-order chi connectivity index (χ1) is 9.63. The Bertz CT molecular complexity index is 531. The van der Waals surface area contributed by atoms with E-state index in [-0.39, 0.29) is 10.6 Å². The fourth-order valence-corrected chi connectivity index (χ4v) is 2.72. The molecular formula is C13H18N4O2S. The fourth-order valence-electron chi connectivity index (χ4n) is 1.77. The van der Waals surface area contributed by atoms with E-state index in [0.717, 1.165) is 30.3 Å². The first-order valence-corrected chi connectivity index (χ1v) is 7.39. The summed E-state index contributed by atoms with van der Waals surface area (Å²) in [6.07, 6.45) is 3.41. The highest BCUT2D eigenvalue weighted by Gasteiger charge is 2.21. The van der Waals surface area contributed by atoms with Crippen molar-refractivity contribution in [3.05, 3.63) is 10.4 Å². The second kappa shape index (κ2) is 6.59. The standard InChI is InChI=1S/C13H18N4O2S/c14-6-9-10(15)11(12(16)18)20-13(9)17-4-1-5-19-7-8-2-3-8/h8,17H,1-5,7,15H2,(H2,16,18). The van der Waals surface area contributed by atoms with Gasteiger partial charge in [0.15, 0.2) is 0 Å². The lowest BCUT2D eigenvalue weighted by Crippen LogP contribution is -2.10. The molecule has 1 saturated carbocycles. The SMILES string of the molecule is N#Cc1c(NCCCOCC2CC2)sc(C(N)=O)c1N. The zero-order valence-electron chi connectivity index (χ0n) is 11.1. The quantitative estimate of drug-likeness (QED) is 0.629. The summed E-state index contributed by atoms with van der Waals surface area (Å²) in [5, 5.41) is 12.8. The molecule has 7 heteroatoms. The summed E-state index contributed by atoms with van der Waals surface area (Å²) >= 11 is 1.12. The number of nitrogens with zero attached hydrogens (tertiary/aromatic N) is 1. The van der Waals surface area contributed by atoms with E-state index in [1.54, 1.807) is 0 Å². The third-order valence-electron chi connectivity index (χ3n) is 3.08. The molecule has 0 radical (unpaired) electrons. The molecule has 1 heterocycles. The summed E-state index contributed by atoms with van der Waals surface area (Å²) in [6.45, 7) is 2.20. The maximum Gasteiger partial charge on any atom is 0.261 e. The van der Waals surface area contributed by atoms with Crippen LogP contribution in [0.5, 0.6) is 0 Å². The van der Waals surface area contributed by atoms with E-state index in [1.807, 2.05) is 6.07 Å². The molecule has 1 aromatic heterocycles. The van der Waals surface area contributed by atoms with Gasteiger partial charge >= 0.3 is 0 Å². The first-order valence-electron chi connectivity index (χ1n) is 6.57. The second-order valence-corrected chi connectivity index (χ2v) is 5.84. The Kier molecular flexibility index (Phi) is 4.82. The van der Waals surface area contributed by atoms with Gasteiger partial charge in [0, 0.05) is 19.8 Å². The molecule has 0 atom stereocenters. The van der Waals surface area contributed by atoms with Gasteiger partial charge in [-0.3, -0.25) is 4.79 Å². The topological polar surface area (TPSA) is 114 Å². The molecule has 0 bridgehead atoms. The van der Waals surface area contributed by atoms with Gasteiger partial charge in [0.05, 0.1) is 5.69 Å². The number of nitrogens with one attached hydrogen (secondary N) is 1. The van der Waals surface area contributed by atoms with Crippen LogP contribution in [0.3, 0.4) is 0 Å². The van der Waals surface area contributed by atoms with E-state index in [4.69, 9.17) is 21.5 Å². The van der Waals surface area contributed by atoms with Crippen molar-refractivity contribution in [3.8, 4) is 6.07 Å². The fraction of sp³-hybridized carbons (Fsp3) is 0.538. The zero-order chi connectivity index (χ0) is 14.5. The summed E-state index contributed by atoms with van der Waals surface area (Å²) in [6, 6.07) is 2.00. The molecular weight excluding hydrogens is 276 g/mol. The average Bonchev–Trinajstić information content (AvgIpc) is 3.17. The van der Waals surface area contributed by atoms with Gasteiger partial charge in [-0.2, -0.15) is 5.26 Å². The van der Waals surface area contributed by atoms with Gasteiger partial charge in [-0.05, 0) is 25.2 Å². The minimum atomic E-state index is -0.607. The third kappa shape index (κ3) is 3.62. The lowest BCUT2D eigenvalue weighted by atomic mass is 10.2. The Morgan fingerprint density at radius 3 is 2.90 bits per heavy atom. The predicted octanol–water partition coefficient (Wildman–Crippen LogP) is 1.53. The van der Waals surface area contributed by atoms with E-state index in [2.05, 4.69) is 5.32 Å². The van der Waals surface area contributed by atoms with Gasteiger partial charge in [-0.1, -0.05) is 0 Å². The maximum atomic E-state index is 11.2. The lowest BCUT2D eigenvalue weighted by molar-refractivity contribution is 0.100. The van der Waals surface area contributed by atoms with Crippen LogP contribution in [-0.4, -0.2) is 25.7 Å². The van der Waals surface area contributed by atoms with Gasteiger partial charge in [0.1, 0.15) is 21.5 Å². The molecule has 0 spiro atoms. The second-order valence-electron chi connectivity index (χ2n) is 4.82. The number of nitriles is 1. The van der Waals surface area contributed by atoms with Crippen molar-refractivity contribution in [2.75, 3.05) is 30.8 Å². The summed E-state index contributed by atoms with van der Waals surface area (Å²) < 4.78 is 5.52. The van der Waals surface area contributed by atoms with Gasteiger partial charge in [-0.25, -0.2) is 0 Å². The molecule has 0 aromatic carbocycles. The number of nitrogen functional groups attached to an aromatic ring is 1. The molecule has 1 amide bonds. The number of ether oxygens (including phenoxy) is 1. The van der Waals surface area contributed by atoms with Crippen LogP contribution in [0.1, 0.15) is 34.5 Å². The highest BCUT2D eigenvalue weighted by Crippen LogP contribution is 2.34. The largest absolute Gasteiger partial charge is 0.396 e. The number of nitrogens with two attached hydrogens (primary N) is 2. The van der Waals surface area contributed by atoms with Crippen LogP contribution in [0, 0.1) is 17.2 Å². The van der Waals surface area contributed by atoms with E-state index in [9.17, 15) is 4.79 Å². The third-order valence-corrected chi connectivity index (χ3v) is 4.26. The Morgan fingerprint density at radius 1 is 1.55 bits per heavy atom. The number of rotatable bonds is 8. The van der Waals surface area contributed by atoms with Gasteiger partial charge in [-0.15, -0.1) is 11.3 Å². The molecule has 0 unspecified atom stereocenters. The molecule has 1 fully saturated rings. The summed E-state index contributed by atoms with van der Waals surface area (Å²) in [5.74, 6) is 0.160. The minimum absolute atomic E-state index is 0.164. The maximum absolute atomic E-state index is 11.2. The molecule has 1 aromatic rings. The van der Waals surface area contributed by atoms with Crippen molar-refractivity contribution < 1.29 is 9.53 Å². The highest BCUT2D eigenvalue weighted by atomic mass is 32.1. The number of carbonyl (C=O) groups is 1. The number of hydrogen-bond acceptors (Lipinski definition) is 6. The molecule has 0 aliphatic heterocycles. The normalized spacial score (nSPS) is 13.9. The van der Waals surface area contributed by atoms with E-state index >= 15 is 0 Å². The van der Waals surface area contributed by atoms with E-state index in [0.29, 0.717) is 23.7 Å². The Labute approximate surface area is 121 Å². The smallest absolute Gasteiger partial charge is 0.261 e. The number of thiophene rings is 1. The van der Waals surface area contributed by atoms with Gasteiger partial charge in [0.25, 0.3) is 5.91 Å². The predicted molar refractivity (Wildman–Crippen MR) is 78.6 cm³/mol. The van der Waals surface area contributed by atoms with E-state index in [1.165, 1.54) is 12.8 Å². The Balaban J connectivity index is 1.80. The Hall–Kier alpha value is -1.78. The van der Waals surface area contributed by atoms with Crippen LogP contribution in [0.25, 0.3) is 0 Å². The van der Waals surface area contributed by atoms with Crippen molar-refractivity contribution >= 4 is 27.9 Å². The summed E-state index contributed by atoms with van der Waals surface area (Å²) in [5.41, 5.74) is 11.4. The Morgan fingerprint density at radius 2 is 2.30 bits per heavy atom. The van der Waals surface area contributed by atoms with Crippen molar-refractivity contribution in [2.45, 2.75) is 19.3 Å². The lowest BCUT2D eigenvalue weighted by Gasteiger charge is -2.05. The van der Waals surface area contributed by atoms with Crippen LogP contribution in [0.4, 0.5) is 10.7 Å². The monoisotopic (exact) mass is 294 g/mol. The van der Waals surface area contributed by atoms with Crippen molar-refractivity contribution in [1.29, 1.82) is 5.26 Å². The van der Waals surface area contributed by atoms with Gasteiger partial charge < -0.3 is 21.5 Å². The van der Waals surface area contributed by atoms with Crippen molar-refractivity contribution in [1.82, 2.24) is 0 Å². The van der Waals surface area contributed by atoms with Crippen molar-refractivity contribution in [2.24, 2.45) is 11.7 Å². The van der Waals surface area contributed by atoms with Crippen molar-refractivity contribution in [3.63, 3.8) is 0 Å². The molecule has 1 aliphatic carbocycles. The number of anilines is 2. The van der Waals surface area contributed by atoms with Crippen LogP contribution in [-0.2, 0) is 4.74 Å². The van der Waals surface area contributed by atoms with Crippen LogP contribution in [0.15, 0.2) is 0 Å². The number of primary amides is 1. The number of hydrogen-bond donors (Lipinski definition) is 3. The molecule has 20 heavy (non-hydrogen) atoms. The first kappa shape index (κ1) is 14.6. The van der Waals surface area contributed by atoms with Crippen LogP contribution < -0.4 is 16.8 Å². The molecule has 2 rings (SSSR count). The number of amides is 1. The van der Waals surface area contributed by atoms with Crippen LogP contribution >= 0.6 is 11.3 Å². The molecule has 108 valence electrons. The van der Waals surface area contributed by atoms with Crippen LogP contribution in [0.2, 0.25) is 0 Å². The zero-order valence-corrected chi connectivity index (χ0v) is 12.0. The highest BCUT2D eigenvalue weighted by molar-refractivity contribution is 7.18. The molecule has 5 N–H and O–H groups in total. The van der Waals surface area contributed by atoms with E-state index < -0.39 is 5.91 Å². The molecule has 0 saturated heterocycles. The average molecular weight is 294 g/mol. The number of carbonyl (C=O) groups excluding carboxylic acids is 1. The minimum Gasteiger partial charge on any atom is -0.396 e. The summed E-state index contributed by atoms with van der Waals surface area (Å²) in [4.78, 5) is 11.4. The van der Waals surface area contributed by atoms with Gasteiger partial charge in [0.2, 0.25) is 0 Å².